The van der Waals surface area contributed by atoms with E-state index in [1.165, 1.54) is 0 Å². The topological polar surface area (TPSA) is 87.7 Å². The first-order valence-electron chi connectivity index (χ1n) is 5.57. The minimum absolute atomic E-state index is 0.191. The fourth-order valence-electron chi connectivity index (χ4n) is 2.19. The third kappa shape index (κ3) is 3.04. The van der Waals surface area contributed by atoms with Crippen molar-refractivity contribution in [2.45, 2.75) is 38.5 Å². The summed E-state index contributed by atoms with van der Waals surface area (Å²) in [6.45, 7) is -0.709. The first-order valence-corrected chi connectivity index (χ1v) is 5.57. The zero-order valence-corrected chi connectivity index (χ0v) is 9.46. The van der Waals surface area contributed by atoms with E-state index in [4.69, 9.17) is 10.9 Å². The predicted molar refractivity (Wildman–Crippen MR) is 57.9 cm³/mol. The lowest BCUT2D eigenvalue weighted by Crippen LogP contribution is -2.51. The van der Waals surface area contributed by atoms with Crippen molar-refractivity contribution in [2.24, 2.45) is 16.3 Å². The Labute approximate surface area is 98.0 Å². The standard InChI is InChI=1S/C10H17F2N3O2/c11-7(12)6-14-9(16)10(8(13)15-17)4-2-1-3-5-10/h7,17H,1-6H2,(H2,13,15)(H,14,16). The molecule has 0 bridgehead atoms. The Morgan fingerprint density at radius 2 is 2.00 bits per heavy atom. The van der Waals surface area contributed by atoms with Gasteiger partial charge >= 0.3 is 0 Å². The van der Waals surface area contributed by atoms with Crippen molar-refractivity contribution in [1.29, 1.82) is 0 Å². The number of rotatable bonds is 4. The first-order chi connectivity index (χ1) is 8.03. The van der Waals surface area contributed by atoms with E-state index < -0.39 is 24.3 Å². The van der Waals surface area contributed by atoms with E-state index in [9.17, 15) is 13.6 Å². The van der Waals surface area contributed by atoms with Gasteiger partial charge < -0.3 is 16.3 Å². The van der Waals surface area contributed by atoms with Crippen LogP contribution in [0.2, 0.25) is 0 Å². The molecule has 0 spiro atoms. The zero-order chi connectivity index (χ0) is 12.9. The van der Waals surface area contributed by atoms with Crippen LogP contribution in [-0.2, 0) is 4.79 Å². The SMILES string of the molecule is NC(=NO)C1(C(=O)NCC(F)F)CCCCC1. The Morgan fingerprint density at radius 3 is 2.47 bits per heavy atom. The Balaban J connectivity index is 2.79. The lowest BCUT2D eigenvalue weighted by atomic mass is 9.72. The summed E-state index contributed by atoms with van der Waals surface area (Å²) in [7, 11) is 0. The highest BCUT2D eigenvalue weighted by atomic mass is 19.3. The molecular formula is C10H17F2N3O2. The molecule has 1 aliphatic carbocycles. The molecular weight excluding hydrogens is 232 g/mol. The molecule has 98 valence electrons. The van der Waals surface area contributed by atoms with Crippen LogP contribution >= 0.6 is 0 Å². The molecule has 1 aliphatic rings. The van der Waals surface area contributed by atoms with Crippen LogP contribution in [0.25, 0.3) is 0 Å². The number of oxime groups is 1. The highest BCUT2D eigenvalue weighted by molar-refractivity contribution is 6.06. The predicted octanol–water partition coefficient (Wildman–Crippen LogP) is 1.06. The van der Waals surface area contributed by atoms with E-state index in [1.54, 1.807) is 0 Å². The number of nitrogens with zero attached hydrogens (tertiary/aromatic N) is 1. The van der Waals surface area contributed by atoms with Gasteiger partial charge in [0.15, 0.2) is 5.84 Å². The molecule has 0 aromatic heterocycles. The van der Waals surface area contributed by atoms with Crippen molar-refractivity contribution in [1.82, 2.24) is 5.32 Å². The van der Waals surface area contributed by atoms with Crippen molar-refractivity contribution < 1.29 is 18.8 Å². The van der Waals surface area contributed by atoms with Crippen LogP contribution in [0.4, 0.5) is 8.78 Å². The maximum absolute atomic E-state index is 12.0. The fourth-order valence-corrected chi connectivity index (χ4v) is 2.19. The smallest absolute Gasteiger partial charge is 0.255 e. The molecule has 17 heavy (non-hydrogen) atoms. The molecule has 5 nitrogen and oxygen atoms in total. The summed E-state index contributed by atoms with van der Waals surface area (Å²) in [6, 6.07) is 0. The molecule has 1 saturated carbocycles. The van der Waals surface area contributed by atoms with Crippen molar-refractivity contribution in [3.05, 3.63) is 0 Å². The second-order valence-electron chi connectivity index (χ2n) is 4.23. The fraction of sp³-hybridized carbons (Fsp3) is 0.800. The van der Waals surface area contributed by atoms with Crippen molar-refractivity contribution in [3.8, 4) is 0 Å². The number of halogens is 2. The number of hydrogen-bond donors (Lipinski definition) is 3. The number of amidine groups is 1. The van der Waals surface area contributed by atoms with Crippen LogP contribution < -0.4 is 11.1 Å². The first kappa shape index (κ1) is 13.7. The monoisotopic (exact) mass is 249 g/mol. The lowest BCUT2D eigenvalue weighted by Gasteiger charge is -2.34. The molecule has 0 saturated heterocycles. The molecule has 0 aromatic carbocycles. The van der Waals surface area contributed by atoms with Gasteiger partial charge in [0.1, 0.15) is 5.41 Å². The van der Waals surface area contributed by atoms with Crippen LogP contribution in [0.15, 0.2) is 5.16 Å². The molecule has 0 heterocycles. The Kier molecular flexibility index (Phi) is 4.65. The van der Waals surface area contributed by atoms with E-state index in [1.807, 2.05) is 0 Å². The number of nitrogens with two attached hydrogens (primary N) is 1. The number of alkyl halides is 2. The van der Waals surface area contributed by atoms with Gasteiger partial charge in [0.2, 0.25) is 5.91 Å². The zero-order valence-electron chi connectivity index (χ0n) is 9.46. The largest absolute Gasteiger partial charge is 0.409 e. The molecule has 0 unspecified atom stereocenters. The van der Waals surface area contributed by atoms with Gasteiger partial charge in [-0.15, -0.1) is 0 Å². The van der Waals surface area contributed by atoms with Crippen LogP contribution in [0.1, 0.15) is 32.1 Å². The van der Waals surface area contributed by atoms with Crippen LogP contribution in [-0.4, -0.2) is 29.9 Å². The Morgan fingerprint density at radius 1 is 1.41 bits per heavy atom. The van der Waals surface area contributed by atoms with Crippen molar-refractivity contribution in [2.75, 3.05) is 6.54 Å². The van der Waals surface area contributed by atoms with E-state index in [2.05, 4.69) is 10.5 Å². The third-order valence-electron chi connectivity index (χ3n) is 3.16. The number of nitrogens with one attached hydrogen (secondary N) is 1. The maximum Gasteiger partial charge on any atom is 0.255 e. The molecule has 0 aliphatic heterocycles. The second kappa shape index (κ2) is 5.79. The summed E-state index contributed by atoms with van der Waals surface area (Å²) in [6.07, 6.45) is 0.738. The normalized spacial score (nSPS) is 20.3. The Bertz CT molecular complexity index is 302. The molecule has 0 atom stereocenters. The number of carbonyl (C=O) groups excluding carboxylic acids is 1. The number of hydrogen-bond acceptors (Lipinski definition) is 3. The Hall–Kier alpha value is -1.40. The summed E-state index contributed by atoms with van der Waals surface area (Å²) in [4.78, 5) is 11.9. The average molecular weight is 249 g/mol. The van der Waals surface area contributed by atoms with Crippen LogP contribution in [0.3, 0.4) is 0 Å². The molecule has 0 radical (unpaired) electrons. The molecule has 4 N–H and O–H groups in total. The van der Waals surface area contributed by atoms with Crippen LogP contribution in [0, 0.1) is 5.41 Å². The number of amides is 1. The summed E-state index contributed by atoms with van der Waals surface area (Å²) >= 11 is 0. The summed E-state index contributed by atoms with van der Waals surface area (Å²) in [5.41, 5.74) is 4.42. The molecule has 1 amide bonds. The highest BCUT2D eigenvalue weighted by Gasteiger charge is 2.43. The van der Waals surface area contributed by atoms with E-state index in [0.717, 1.165) is 19.3 Å². The summed E-state index contributed by atoms with van der Waals surface area (Å²) in [5, 5.41) is 13.7. The van der Waals surface area contributed by atoms with Gasteiger partial charge in [0.05, 0.1) is 6.54 Å². The summed E-state index contributed by atoms with van der Waals surface area (Å²) in [5.74, 6) is -0.767. The van der Waals surface area contributed by atoms with Crippen molar-refractivity contribution in [3.63, 3.8) is 0 Å². The number of carbonyl (C=O) groups is 1. The van der Waals surface area contributed by atoms with E-state index >= 15 is 0 Å². The molecule has 1 fully saturated rings. The third-order valence-corrected chi connectivity index (χ3v) is 3.16. The van der Waals surface area contributed by atoms with Crippen LogP contribution in [0.5, 0.6) is 0 Å². The second-order valence-corrected chi connectivity index (χ2v) is 4.23. The maximum atomic E-state index is 12.0. The molecule has 1 rings (SSSR count). The van der Waals surface area contributed by atoms with Gasteiger partial charge in [-0.3, -0.25) is 4.79 Å². The average Bonchev–Trinajstić information content (AvgIpc) is 2.35. The quantitative estimate of drug-likeness (QED) is 0.301. The van der Waals surface area contributed by atoms with Gasteiger partial charge in [-0.25, -0.2) is 8.78 Å². The lowest BCUT2D eigenvalue weighted by molar-refractivity contribution is -0.129. The van der Waals surface area contributed by atoms with Crippen molar-refractivity contribution >= 4 is 11.7 Å². The van der Waals surface area contributed by atoms with Gasteiger partial charge in [0.25, 0.3) is 6.43 Å². The van der Waals surface area contributed by atoms with Gasteiger partial charge in [-0.05, 0) is 12.8 Å². The van der Waals surface area contributed by atoms with E-state index in [0.29, 0.717) is 12.8 Å². The minimum atomic E-state index is -2.60. The summed E-state index contributed by atoms with van der Waals surface area (Å²) < 4.78 is 24.1. The molecule has 7 heteroatoms. The van der Waals surface area contributed by atoms with Gasteiger partial charge in [-0.1, -0.05) is 24.4 Å². The molecule has 0 aromatic rings. The van der Waals surface area contributed by atoms with Gasteiger partial charge in [-0.2, -0.15) is 0 Å². The van der Waals surface area contributed by atoms with E-state index in [-0.39, 0.29) is 5.84 Å². The van der Waals surface area contributed by atoms with Gasteiger partial charge in [0, 0.05) is 0 Å². The highest BCUT2D eigenvalue weighted by Crippen LogP contribution is 2.36. The minimum Gasteiger partial charge on any atom is -0.409 e.